The van der Waals surface area contributed by atoms with E-state index >= 15 is 0 Å². The largest absolute Gasteiger partial charge is 0.338 e. The van der Waals surface area contributed by atoms with Gasteiger partial charge in [-0.15, -0.1) is 0 Å². The van der Waals surface area contributed by atoms with Crippen molar-refractivity contribution in [2.24, 2.45) is 0 Å². The van der Waals surface area contributed by atoms with Gasteiger partial charge in [0.2, 0.25) is 15.9 Å². The number of carbonyl (C=O) groups excluding carboxylic acids is 1. The van der Waals surface area contributed by atoms with Gasteiger partial charge in [0.25, 0.3) is 0 Å². The lowest BCUT2D eigenvalue weighted by atomic mass is 10.1. The van der Waals surface area contributed by atoms with E-state index in [0.717, 1.165) is 24.7 Å². The number of carbonyl (C=O) groups is 1. The number of hydrogen-bond acceptors (Lipinski definition) is 3. The fourth-order valence-electron chi connectivity index (χ4n) is 1.91. The second kappa shape index (κ2) is 5.64. The summed E-state index contributed by atoms with van der Waals surface area (Å²) in [6.45, 7) is 4.89. The van der Waals surface area contributed by atoms with E-state index in [9.17, 15) is 13.2 Å². The Hall–Kier alpha value is -0.880. The van der Waals surface area contributed by atoms with Crippen LogP contribution in [0, 0.1) is 0 Å². The molecule has 0 aromatic carbocycles. The van der Waals surface area contributed by atoms with Gasteiger partial charge in [-0.05, 0) is 26.7 Å². The number of sulfonamides is 1. The van der Waals surface area contributed by atoms with Crippen molar-refractivity contribution >= 4 is 15.9 Å². The second-order valence-corrected chi connectivity index (χ2v) is 6.52. The van der Waals surface area contributed by atoms with Crippen LogP contribution in [0.1, 0.15) is 26.7 Å². The quantitative estimate of drug-likeness (QED) is 0.751. The lowest BCUT2D eigenvalue weighted by Gasteiger charge is -2.32. The normalized spacial score (nSPS) is 21.1. The van der Waals surface area contributed by atoms with Crippen LogP contribution < -0.4 is 4.72 Å². The summed E-state index contributed by atoms with van der Waals surface area (Å²) in [6.07, 6.45) is 4.34. The smallest absolute Gasteiger partial charge is 0.246 e. The number of hydrogen-bond donors (Lipinski definition) is 1. The number of rotatable bonds is 3. The van der Waals surface area contributed by atoms with Gasteiger partial charge in [0.15, 0.2) is 0 Å². The van der Waals surface area contributed by atoms with Crippen LogP contribution in [0.3, 0.4) is 0 Å². The number of nitrogens with zero attached hydrogens (tertiary/aromatic N) is 1. The molecule has 1 saturated heterocycles. The lowest BCUT2D eigenvalue weighted by molar-refractivity contribution is -0.127. The first-order valence-corrected chi connectivity index (χ1v) is 7.58. The third-order valence-corrected chi connectivity index (χ3v) is 3.29. The van der Waals surface area contributed by atoms with Crippen LogP contribution in [0.5, 0.6) is 0 Å². The molecule has 1 aliphatic heterocycles. The lowest BCUT2D eigenvalue weighted by Crippen LogP contribution is -2.49. The van der Waals surface area contributed by atoms with Gasteiger partial charge in [-0.25, -0.2) is 13.1 Å². The van der Waals surface area contributed by atoms with Crippen LogP contribution >= 0.6 is 0 Å². The predicted molar refractivity (Wildman–Crippen MR) is 67.0 cm³/mol. The van der Waals surface area contributed by atoms with Gasteiger partial charge in [-0.2, -0.15) is 0 Å². The maximum atomic E-state index is 11.8. The van der Waals surface area contributed by atoms with Gasteiger partial charge in [0.1, 0.15) is 0 Å². The fraction of sp³-hybridized carbons (Fsp3) is 0.727. The predicted octanol–water partition coefficient (Wildman–Crippen LogP) is 0.493. The Morgan fingerprint density at radius 1 is 1.41 bits per heavy atom. The number of likely N-dealkylation sites (tertiary alicyclic amines) is 1. The zero-order valence-corrected chi connectivity index (χ0v) is 11.4. The van der Waals surface area contributed by atoms with Gasteiger partial charge >= 0.3 is 0 Å². The molecule has 1 aliphatic rings. The Bertz CT molecular complexity index is 410. The topological polar surface area (TPSA) is 66.5 Å². The van der Waals surface area contributed by atoms with E-state index in [1.54, 1.807) is 11.0 Å². The van der Waals surface area contributed by atoms with Crippen LogP contribution in [0.25, 0.3) is 0 Å². The molecule has 0 spiro atoms. The molecule has 0 saturated carbocycles. The molecule has 5 nitrogen and oxygen atoms in total. The van der Waals surface area contributed by atoms with Crippen molar-refractivity contribution in [1.82, 2.24) is 9.62 Å². The third kappa shape index (κ3) is 5.32. The molecule has 1 atom stereocenters. The fourth-order valence-corrected chi connectivity index (χ4v) is 2.71. The monoisotopic (exact) mass is 260 g/mol. The molecule has 1 fully saturated rings. The standard InChI is InChI=1S/C11H20N2O3S/c1-9(2)7-11(14)13-6-4-5-10(8-13)12-17(3,15)16/h7,10,12H,4-6,8H2,1-3H3/t10-/m0/s1. The Morgan fingerprint density at radius 3 is 2.59 bits per heavy atom. The summed E-state index contributed by atoms with van der Waals surface area (Å²) in [5, 5.41) is 0. The molecule has 1 N–H and O–H groups in total. The summed E-state index contributed by atoms with van der Waals surface area (Å²) in [5.41, 5.74) is 0.952. The summed E-state index contributed by atoms with van der Waals surface area (Å²) in [5.74, 6) is -0.0370. The van der Waals surface area contributed by atoms with Crippen molar-refractivity contribution in [1.29, 1.82) is 0 Å². The van der Waals surface area contributed by atoms with Crippen molar-refractivity contribution in [3.05, 3.63) is 11.6 Å². The molecule has 6 heteroatoms. The van der Waals surface area contributed by atoms with Crippen molar-refractivity contribution in [3.8, 4) is 0 Å². The first-order valence-electron chi connectivity index (χ1n) is 5.69. The second-order valence-electron chi connectivity index (χ2n) is 4.74. The molecule has 17 heavy (non-hydrogen) atoms. The maximum absolute atomic E-state index is 11.8. The average Bonchev–Trinajstić information content (AvgIpc) is 2.14. The zero-order chi connectivity index (χ0) is 13.1. The van der Waals surface area contributed by atoms with Gasteiger partial charge in [-0.1, -0.05) is 5.57 Å². The van der Waals surface area contributed by atoms with E-state index in [1.807, 2.05) is 13.8 Å². The van der Waals surface area contributed by atoms with Crippen LogP contribution in [-0.4, -0.2) is 44.6 Å². The molecule has 1 rings (SSSR count). The minimum absolute atomic E-state index is 0.0370. The molecule has 0 aliphatic carbocycles. The summed E-state index contributed by atoms with van der Waals surface area (Å²) >= 11 is 0. The van der Waals surface area contributed by atoms with Gasteiger partial charge < -0.3 is 4.90 Å². The van der Waals surface area contributed by atoms with E-state index in [0.29, 0.717) is 13.1 Å². The highest BCUT2D eigenvalue weighted by molar-refractivity contribution is 7.88. The van der Waals surface area contributed by atoms with Crippen LogP contribution in [0.2, 0.25) is 0 Å². The minimum Gasteiger partial charge on any atom is -0.338 e. The molecular weight excluding hydrogens is 240 g/mol. The highest BCUT2D eigenvalue weighted by Crippen LogP contribution is 2.11. The Balaban J connectivity index is 2.61. The van der Waals surface area contributed by atoms with Crippen LogP contribution in [0.15, 0.2) is 11.6 Å². The van der Waals surface area contributed by atoms with E-state index in [-0.39, 0.29) is 11.9 Å². The van der Waals surface area contributed by atoms with Crippen molar-refractivity contribution < 1.29 is 13.2 Å². The van der Waals surface area contributed by atoms with E-state index in [2.05, 4.69) is 4.72 Å². The molecule has 0 aromatic heterocycles. The van der Waals surface area contributed by atoms with Gasteiger partial charge in [-0.3, -0.25) is 4.79 Å². The number of piperidine rings is 1. The summed E-state index contributed by atoms with van der Waals surface area (Å²) in [4.78, 5) is 13.5. The minimum atomic E-state index is -3.20. The number of amides is 1. The van der Waals surface area contributed by atoms with Crippen LogP contribution in [0.4, 0.5) is 0 Å². The Labute approximate surface area is 103 Å². The average molecular weight is 260 g/mol. The molecular formula is C11H20N2O3S. The van der Waals surface area contributed by atoms with E-state index in [1.165, 1.54) is 0 Å². The maximum Gasteiger partial charge on any atom is 0.246 e. The van der Waals surface area contributed by atoms with Crippen LogP contribution in [-0.2, 0) is 14.8 Å². The van der Waals surface area contributed by atoms with Crippen molar-refractivity contribution in [2.45, 2.75) is 32.7 Å². The summed E-state index contributed by atoms with van der Waals surface area (Å²) in [7, 11) is -3.20. The highest BCUT2D eigenvalue weighted by Gasteiger charge is 2.24. The molecule has 0 unspecified atom stereocenters. The molecule has 98 valence electrons. The molecule has 0 bridgehead atoms. The van der Waals surface area contributed by atoms with Crippen molar-refractivity contribution in [3.63, 3.8) is 0 Å². The van der Waals surface area contributed by atoms with E-state index in [4.69, 9.17) is 0 Å². The third-order valence-electron chi connectivity index (χ3n) is 2.53. The molecule has 0 aromatic rings. The number of nitrogens with one attached hydrogen (secondary N) is 1. The Morgan fingerprint density at radius 2 is 2.06 bits per heavy atom. The molecule has 1 heterocycles. The zero-order valence-electron chi connectivity index (χ0n) is 10.6. The SMILES string of the molecule is CC(C)=CC(=O)N1CCC[C@H](NS(C)(=O)=O)C1. The highest BCUT2D eigenvalue weighted by atomic mass is 32.2. The summed E-state index contributed by atoms with van der Waals surface area (Å²) < 4.78 is 24.8. The van der Waals surface area contributed by atoms with Gasteiger partial charge in [0.05, 0.1) is 6.26 Å². The van der Waals surface area contributed by atoms with E-state index < -0.39 is 10.0 Å². The Kier molecular flexibility index (Phi) is 4.70. The molecule has 1 amide bonds. The number of allylic oxidation sites excluding steroid dienone is 1. The van der Waals surface area contributed by atoms with Crippen molar-refractivity contribution in [2.75, 3.05) is 19.3 Å². The molecule has 0 radical (unpaired) electrons. The van der Waals surface area contributed by atoms with Gasteiger partial charge in [0, 0.05) is 25.2 Å². The summed E-state index contributed by atoms with van der Waals surface area (Å²) in [6, 6.07) is -0.159. The first-order chi connectivity index (χ1) is 7.78. The first kappa shape index (κ1) is 14.2.